The molecule has 76 valence electrons. The SMILES string of the molecule is COC(=O)C(C)CSC(C)C(=O)O. The van der Waals surface area contributed by atoms with Crippen molar-refractivity contribution in [1.82, 2.24) is 0 Å². The quantitative estimate of drug-likeness (QED) is 0.680. The number of aliphatic carboxylic acids is 1. The zero-order chi connectivity index (χ0) is 10.4. The second kappa shape index (κ2) is 5.85. The summed E-state index contributed by atoms with van der Waals surface area (Å²) in [7, 11) is 1.32. The van der Waals surface area contributed by atoms with Crippen molar-refractivity contribution >= 4 is 23.7 Å². The van der Waals surface area contributed by atoms with Crippen LogP contribution in [0.5, 0.6) is 0 Å². The van der Waals surface area contributed by atoms with Gasteiger partial charge in [-0.05, 0) is 6.92 Å². The van der Waals surface area contributed by atoms with Crippen LogP contribution in [0.4, 0.5) is 0 Å². The van der Waals surface area contributed by atoms with Gasteiger partial charge in [0, 0.05) is 5.75 Å². The number of hydrogen-bond acceptors (Lipinski definition) is 4. The Morgan fingerprint density at radius 3 is 2.38 bits per heavy atom. The Kier molecular flexibility index (Phi) is 5.53. The van der Waals surface area contributed by atoms with E-state index in [0.717, 1.165) is 0 Å². The molecule has 13 heavy (non-hydrogen) atoms. The smallest absolute Gasteiger partial charge is 0.316 e. The van der Waals surface area contributed by atoms with E-state index in [1.807, 2.05) is 0 Å². The van der Waals surface area contributed by atoms with Gasteiger partial charge in [0.05, 0.1) is 18.3 Å². The van der Waals surface area contributed by atoms with Gasteiger partial charge in [-0.1, -0.05) is 6.92 Å². The van der Waals surface area contributed by atoms with Crippen molar-refractivity contribution in [3.63, 3.8) is 0 Å². The molecule has 0 aliphatic rings. The Morgan fingerprint density at radius 1 is 1.46 bits per heavy atom. The van der Waals surface area contributed by atoms with Gasteiger partial charge in [0.25, 0.3) is 0 Å². The number of esters is 1. The molecule has 0 aliphatic carbocycles. The number of hydrogen-bond donors (Lipinski definition) is 1. The lowest BCUT2D eigenvalue weighted by molar-refractivity contribution is -0.144. The third kappa shape index (κ3) is 4.77. The van der Waals surface area contributed by atoms with Crippen LogP contribution in [0.15, 0.2) is 0 Å². The topological polar surface area (TPSA) is 63.6 Å². The first-order valence-electron chi connectivity index (χ1n) is 3.91. The fourth-order valence-electron chi connectivity index (χ4n) is 0.629. The minimum Gasteiger partial charge on any atom is -0.480 e. The highest BCUT2D eigenvalue weighted by atomic mass is 32.2. The van der Waals surface area contributed by atoms with Crippen LogP contribution in [0.3, 0.4) is 0 Å². The maximum Gasteiger partial charge on any atom is 0.316 e. The molecule has 0 fully saturated rings. The molecule has 0 radical (unpaired) electrons. The molecule has 0 rings (SSSR count). The number of rotatable bonds is 5. The van der Waals surface area contributed by atoms with Gasteiger partial charge in [-0.2, -0.15) is 0 Å². The summed E-state index contributed by atoms with van der Waals surface area (Å²) in [6, 6.07) is 0. The predicted octanol–water partition coefficient (Wildman–Crippen LogP) is 1.00. The van der Waals surface area contributed by atoms with Gasteiger partial charge in [-0.25, -0.2) is 0 Å². The zero-order valence-corrected chi connectivity index (χ0v) is 8.76. The normalized spacial score (nSPS) is 14.7. The van der Waals surface area contributed by atoms with Gasteiger partial charge in [0.1, 0.15) is 0 Å². The molecule has 2 atom stereocenters. The second-order valence-corrected chi connectivity index (χ2v) is 4.11. The van der Waals surface area contributed by atoms with Crippen LogP contribution in [-0.2, 0) is 14.3 Å². The second-order valence-electron chi connectivity index (χ2n) is 2.74. The van der Waals surface area contributed by atoms with Gasteiger partial charge in [0.2, 0.25) is 0 Å². The van der Waals surface area contributed by atoms with Gasteiger partial charge in [-0.15, -0.1) is 11.8 Å². The van der Waals surface area contributed by atoms with Crippen molar-refractivity contribution in [1.29, 1.82) is 0 Å². The first-order chi connectivity index (χ1) is 5.99. The molecule has 1 N–H and O–H groups in total. The number of ether oxygens (including phenoxy) is 1. The van der Waals surface area contributed by atoms with Crippen molar-refractivity contribution < 1.29 is 19.4 Å². The van der Waals surface area contributed by atoms with Crippen LogP contribution in [0, 0.1) is 5.92 Å². The molecule has 4 nitrogen and oxygen atoms in total. The van der Waals surface area contributed by atoms with Crippen LogP contribution >= 0.6 is 11.8 Å². The van der Waals surface area contributed by atoms with Gasteiger partial charge in [-0.3, -0.25) is 9.59 Å². The van der Waals surface area contributed by atoms with Crippen LogP contribution in [0.1, 0.15) is 13.8 Å². The molecular weight excluding hydrogens is 192 g/mol. The molecule has 0 aliphatic heterocycles. The molecule has 0 amide bonds. The molecule has 2 unspecified atom stereocenters. The Labute approximate surface area is 81.6 Å². The lowest BCUT2D eigenvalue weighted by Crippen LogP contribution is -2.19. The van der Waals surface area contributed by atoms with E-state index >= 15 is 0 Å². The average Bonchev–Trinajstić information content (AvgIpc) is 2.11. The molecule has 0 aromatic rings. The van der Waals surface area contributed by atoms with Gasteiger partial charge in [0.15, 0.2) is 0 Å². The highest BCUT2D eigenvalue weighted by Crippen LogP contribution is 2.15. The highest BCUT2D eigenvalue weighted by Gasteiger charge is 2.17. The third-order valence-corrected chi connectivity index (χ3v) is 2.94. The number of carbonyl (C=O) groups excluding carboxylic acids is 1. The number of methoxy groups -OCH3 is 1. The highest BCUT2D eigenvalue weighted by molar-refractivity contribution is 8.00. The van der Waals surface area contributed by atoms with Crippen molar-refractivity contribution in [3.8, 4) is 0 Å². The standard InChI is InChI=1S/C8H14O4S/c1-5(8(11)12-3)4-13-6(2)7(9)10/h5-6H,4H2,1-3H3,(H,9,10). The van der Waals surface area contributed by atoms with E-state index in [9.17, 15) is 9.59 Å². The van der Waals surface area contributed by atoms with E-state index in [1.165, 1.54) is 18.9 Å². The van der Waals surface area contributed by atoms with Crippen LogP contribution < -0.4 is 0 Å². The van der Waals surface area contributed by atoms with Crippen molar-refractivity contribution in [2.45, 2.75) is 19.1 Å². The fourth-order valence-corrected chi connectivity index (χ4v) is 1.49. The van der Waals surface area contributed by atoms with Crippen molar-refractivity contribution in [3.05, 3.63) is 0 Å². The average molecular weight is 206 g/mol. The first-order valence-corrected chi connectivity index (χ1v) is 4.96. The van der Waals surface area contributed by atoms with Gasteiger partial charge < -0.3 is 9.84 Å². The minimum atomic E-state index is -0.859. The molecule has 0 aromatic carbocycles. The third-order valence-electron chi connectivity index (χ3n) is 1.55. The lowest BCUT2D eigenvalue weighted by Gasteiger charge is -2.10. The summed E-state index contributed by atoms with van der Waals surface area (Å²) >= 11 is 1.24. The van der Waals surface area contributed by atoms with E-state index in [0.29, 0.717) is 5.75 Å². The molecule has 0 saturated heterocycles. The summed E-state index contributed by atoms with van der Waals surface area (Å²) in [6.45, 7) is 3.31. The van der Waals surface area contributed by atoms with Crippen LogP contribution in [0.2, 0.25) is 0 Å². The predicted molar refractivity (Wildman–Crippen MR) is 50.7 cm³/mol. The maximum absolute atomic E-state index is 10.9. The Morgan fingerprint density at radius 2 is 2.00 bits per heavy atom. The molecule has 5 heteroatoms. The maximum atomic E-state index is 10.9. The monoisotopic (exact) mass is 206 g/mol. The van der Waals surface area contributed by atoms with E-state index in [1.54, 1.807) is 13.8 Å². The molecule has 0 saturated carbocycles. The molecule has 0 heterocycles. The lowest BCUT2D eigenvalue weighted by atomic mass is 10.2. The Balaban J connectivity index is 3.76. The summed E-state index contributed by atoms with van der Waals surface area (Å²) in [5, 5.41) is 8.07. The number of carboxylic acid groups (broad SMARTS) is 1. The fraction of sp³-hybridized carbons (Fsp3) is 0.750. The number of thioether (sulfide) groups is 1. The van der Waals surface area contributed by atoms with E-state index in [2.05, 4.69) is 4.74 Å². The molecule has 0 bridgehead atoms. The van der Waals surface area contributed by atoms with Crippen molar-refractivity contribution in [2.24, 2.45) is 5.92 Å². The Hall–Kier alpha value is -0.710. The summed E-state index contributed by atoms with van der Waals surface area (Å²) in [5.41, 5.74) is 0. The Bertz CT molecular complexity index is 193. The van der Waals surface area contributed by atoms with Crippen LogP contribution in [0.25, 0.3) is 0 Å². The molecule has 0 aromatic heterocycles. The summed E-state index contributed by atoms with van der Waals surface area (Å²) in [6.07, 6.45) is 0. The zero-order valence-electron chi connectivity index (χ0n) is 7.94. The molecule has 0 spiro atoms. The molecular formula is C8H14O4S. The summed E-state index contributed by atoms with van der Waals surface area (Å²) < 4.78 is 4.51. The first kappa shape index (κ1) is 12.3. The number of carboxylic acids is 1. The number of carbonyl (C=O) groups is 2. The summed E-state index contributed by atoms with van der Waals surface area (Å²) in [4.78, 5) is 21.3. The van der Waals surface area contributed by atoms with Crippen molar-refractivity contribution in [2.75, 3.05) is 12.9 Å². The van der Waals surface area contributed by atoms with E-state index in [-0.39, 0.29) is 11.9 Å². The van der Waals surface area contributed by atoms with Gasteiger partial charge >= 0.3 is 11.9 Å². The summed E-state index contributed by atoms with van der Waals surface area (Å²) in [5.74, 6) is -0.941. The largest absolute Gasteiger partial charge is 0.480 e. The van der Waals surface area contributed by atoms with E-state index < -0.39 is 11.2 Å². The minimum absolute atomic E-state index is 0.253. The van der Waals surface area contributed by atoms with Crippen LogP contribution in [-0.4, -0.2) is 35.2 Å². The van der Waals surface area contributed by atoms with E-state index in [4.69, 9.17) is 5.11 Å².